The first-order valence-corrected chi connectivity index (χ1v) is 7.38. The highest BCUT2D eigenvalue weighted by Gasteiger charge is 2.37. The molecule has 1 saturated heterocycles. The van der Waals surface area contributed by atoms with E-state index in [1.54, 1.807) is 6.92 Å². The monoisotopic (exact) mass is 293 g/mol. The van der Waals surface area contributed by atoms with Crippen molar-refractivity contribution in [3.63, 3.8) is 0 Å². The van der Waals surface area contributed by atoms with Crippen molar-refractivity contribution in [2.45, 2.75) is 31.4 Å². The summed E-state index contributed by atoms with van der Waals surface area (Å²) in [6.07, 6.45) is 1.38. The van der Waals surface area contributed by atoms with Crippen molar-refractivity contribution in [1.82, 2.24) is 0 Å². The molecule has 5 heteroatoms. The number of esters is 1. The molecule has 1 fully saturated rings. The second-order valence-corrected chi connectivity index (χ2v) is 5.16. The maximum Gasteiger partial charge on any atom is 0.330 e. The fraction of sp³-hybridized carbons (Fsp3) is 0.562. The fourth-order valence-corrected chi connectivity index (χ4v) is 2.39. The molecule has 0 spiro atoms. The van der Waals surface area contributed by atoms with Crippen molar-refractivity contribution in [2.75, 3.05) is 26.4 Å². The first-order valence-electron chi connectivity index (χ1n) is 7.38. The van der Waals surface area contributed by atoms with Crippen LogP contribution in [0.3, 0.4) is 0 Å². The smallest absolute Gasteiger partial charge is 0.330 e. The third kappa shape index (κ3) is 4.03. The Hall–Kier alpha value is -1.43. The van der Waals surface area contributed by atoms with Crippen LogP contribution < -0.4 is 5.73 Å². The molecule has 0 aliphatic carbocycles. The van der Waals surface area contributed by atoms with Crippen molar-refractivity contribution in [2.24, 2.45) is 5.73 Å². The zero-order valence-corrected chi connectivity index (χ0v) is 12.4. The molecule has 1 heterocycles. The van der Waals surface area contributed by atoms with Gasteiger partial charge in [-0.3, -0.25) is 0 Å². The molecule has 21 heavy (non-hydrogen) atoms. The summed E-state index contributed by atoms with van der Waals surface area (Å²) in [5.74, 6) is -0.414. The predicted molar refractivity (Wildman–Crippen MR) is 78.7 cm³/mol. The van der Waals surface area contributed by atoms with Gasteiger partial charge in [0.1, 0.15) is 5.54 Å². The molecule has 1 aromatic carbocycles. The topological polar surface area (TPSA) is 70.8 Å². The van der Waals surface area contributed by atoms with Gasteiger partial charge in [-0.25, -0.2) is 4.79 Å². The lowest BCUT2D eigenvalue weighted by atomic mass is 9.88. The zero-order chi connectivity index (χ0) is 15.1. The van der Waals surface area contributed by atoms with Gasteiger partial charge in [0.25, 0.3) is 0 Å². The fourth-order valence-electron chi connectivity index (χ4n) is 2.39. The Morgan fingerprint density at radius 1 is 1.43 bits per heavy atom. The highest BCUT2D eigenvalue weighted by molar-refractivity contribution is 5.82. The summed E-state index contributed by atoms with van der Waals surface area (Å²) in [6.45, 7) is 3.83. The van der Waals surface area contributed by atoms with Gasteiger partial charge >= 0.3 is 5.97 Å². The molecule has 1 aliphatic rings. The summed E-state index contributed by atoms with van der Waals surface area (Å²) < 4.78 is 16.1. The van der Waals surface area contributed by atoms with E-state index in [-0.39, 0.29) is 6.10 Å². The lowest BCUT2D eigenvalue weighted by Crippen LogP contribution is -2.47. The van der Waals surface area contributed by atoms with Gasteiger partial charge in [0, 0.05) is 19.6 Å². The van der Waals surface area contributed by atoms with Gasteiger partial charge in [-0.2, -0.15) is 0 Å². The van der Waals surface area contributed by atoms with Crippen molar-refractivity contribution in [3.05, 3.63) is 35.9 Å². The number of ether oxygens (including phenoxy) is 3. The lowest BCUT2D eigenvalue weighted by molar-refractivity contribution is -0.151. The predicted octanol–water partition coefficient (Wildman–Crippen LogP) is 1.60. The minimum atomic E-state index is -1.17. The second kappa shape index (κ2) is 7.54. The van der Waals surface area contributed by atoms with Crippen LogP contribution in [-0.2, 0) is 24.5 Å². The molecule has 1 aliphatic heterocycles. The van der Waals surface area contributed by atoms with Gasteiger partial charge in [-0.05, 0) is 18.9 Å². The molecule has 0 amide bonds. The van der Waals surface area contributed by atoms with Crippen LogP contribution in [0.1, 0.15) is 25.3 Å². The summed E-state index contributed by atoms with van der Waals surface area (Å²) >= 11 is 0. The van der Waals surface area contributed by atoms with Crippen molar-refractivity contribution >= 4 is 5.97 Å². The maximum absolute atomic E-state index is 12.3. The molecular weight excluding hydrogens is 270 g/mol. The summed E-state index contributed by atoms with van der Waals surface area (Å²) in [6, 6.07) is 9.30. The molecule has 1 aromatic rings. The molecule has 0 saturated carbocycles. The third-order valence-corrected chi connectivity index (χ3v) is 3.67. The summed E-state index contributed by atoms with van der Waals surface area (Å²) in [4.78, 5) is 12.3. The van der Waals surface area contributed by atoms with Crippen LogP contribution in [0.5, 0.6) is 0 Å². The van der Waals surface area contributed by atoms with E-state index in [2.05, 4.69) is 0 Å². The third-order valence-electron chi connectivity index (χ3n) is 3.67. The number of benzene rings is 1. The highest BCUT2D eigenvalue weighted by atomic mass is 16.5. The van der Waals surface area contributed by atoms with E-state index >= 15 is 0 Å². The molecule has 116 valence electrons. The molecule has 2 rings (SSSR count). The first-order chi connectivity index (χ1) is 10.2. The lowest BCUT2D eigenvalue weighted by Gasteiger charge is -2.28. The summed E-state index contributed by atoms with van der Waals surface area (Å²) in [5.41, 5.74) is 5.92. The Balaban J connectivity index is 2.02. The standard InChI is InChI=1S/C16H23NO4/c1-2-20-15(18)16(17,13-6-4-3-5-7-13)9-11-21-14-8-10-19-12-14/h3-7,14H,2,8-12,17H2,1H3. The number of rotatable bonds is 7. The maximum atomic E-state index is 12.3. The van der Waals surface area contributed by atoms with Crippen LogP contribution >= 0.6 is 0 Å². The van der Waals surface area contributed by atoms with Crippen LogP contribution in [-0.4, -0.2) is 38.5 Å². The van der Waals surface area contributed by atoms with Crippen LogP contribution in [0.25, 0.3) is 0 Å². The van der Waals surface area contributed by atoms with E-state index in [0.717, 1.165) is 18.6 Å². The Kier molecular flexibility index (Phi) is 5.73. The Labute approximate surface area is 125 Å². The van der Waals surface area contributed by atoms with E-state index in [1.165, 1.54) is 0 Å². The molecule has 0 radical (unpaired) electrons. The average Bonchev–Trinajstić information content (AvgIpc) is 3.01. The number of hydrogen-bond donors (Lipinski definition) is 1. The first kappa shape index (κ1) is 15.9. The Morgan fingerprint density at radius 3 is 2.81 bits per heavy atom. The molecule has 0 bridgehead atoms. The summed E-state index contributed by atoms with van der Waals surface area (Å²) in [5, 5.41) is 0. The van der Waals surface area contributed by atoms with Crippen molar-refractivity contribution < 1.29 is 19.0 Å². The van der Waals surface area contributed by atoms with Crippen LogP contribution in [0.15, 0.2) is 30.3 Å². The van der Waals surface area contributed by atoms with E-state index in [4.69, 9.17) is 19.9 Å². The zero-order valence-electron chi connectivity index (χ0n) is 12.4. The van der Waals surface area contributed by atoms with Gasteiger partial charge < -0.3 is 19.9 Å². The van der Waals surface area contributed by atoms with Crippen LogP contribution in [0, 0.1) is 0 Å². The van der Waals surface area contributed by atoms with Crippen LogP contribution in [0.4, 0.5) is 0 Å². The van der Waals surface area contributed by atoms with Gasteiger partial charge in [-0.1, -0.05) is 30.3 Å². The number of carbonyl (C=O) groups is 1. The number of carbonyl (C=O) groups excluding carboxylic acids is 1. The van der Waals surface area contributed by atoms with E-state index in [0.29, 0.717) is 26.2 Å². The molecule has 2 atom stereocenters. The van der Waals surface area contributed by atoms with Crippen molar-refractivity contribution in [1.29, 1.82) is 0 Å². The largest absolute Gasteiger partial charge is 0.464 e. The molecule has 0 aromatic heterocycles. The summed E-state index contributed by atoms with van der Waals surface area (Å²) in [7, 11) is 0. The highest BCUT2D eigenvalue weighted by Crippen LogP contribution is 2.24. The van der Waals surface area contributed by atoms with Crippen LogP contribution in [0.2, 0.25) is 0 Å². The molecule has 2 unspecified atom stereocenters. The Bertz CT molecular complexity index is 445. The number of hydrogen-bond acceptors (Lipinski definition) is 5. The quantitative estimate of drug-likeness (QED) is 0.773. The van der Waals surface area contributed by atoms with E-state index in [9.17, 15) is 4.79 Å². The second-order valence-electron chi connectivity index (χ2n) is 5.16. The van der Waals surface area contributed by atoms with Gasteiger partial charge in [0.15, 0.2) is 0 Å². The SMILES string of the molecule is CCOC(=O)C(N)(CCOC1CCOC1)c1ccccc1. The van der Waals surface area contributed by atoms with Gasteiger partial charge in [-0.15, -0.1) is 0 Å². The molecule has 5 nitrogen and oxygen atoms in total. The number of nitrogens with two attached hydrogens (primary N) is 1. The van der Waals surface area contributed by atoms with E-state index in [1.807, 2.05) is 30.3 Å². The average molecular weight is 293 g/mol. The molecule has 2 N–H and O–H groups in total. The minimum absolute atomic E-state index is 0.104. The van der Waals surface area contributed by atoms with Gasteiger partial charge in [0.05, 0.1) is 19.3 Å². The van der Waals surface area contributed by atoms with Crippen molar-refractivity contribution in [3.8, 4) is 0 Å². The Morgan fingerprint density at radius 2 is 2.19 bits per heavy atom. The van der Waals surface area contributed by atoms with Gasteiger partial charge in [0.2, 0.25) is 0 Å². The van der Waals surface area contributed by atoms with E-state index < -0.39 is 11.5 Å². The normalized spacial score (nSPS) is 21.0. The molecular formula is C16H23NO4. The minimum Gasteiger partial charge on any atom is -0.464 e.